The van der Waals surface area contributed by atoms with E-state index in [0.29, 0.717) is 12.5 Å². The van der Waals surface area contributed by atoms with E-state index in [1.54, 1.807) is 12.2 Å². The summed E-state index contributed by atoms with van der Waals surface area (Å²) in [5, 5.41) is 0. The number of sulfonamides is 1. The number of halogens is 1. The Morgan fingerprint density at radius 2 is 2.14 bits per heavy atom. The summed E-state index contributed by atoms with van der Waals surface area (Å²) in [7, 11) is -3.20. The van der Waals surface area contributed by atoms with E-state index in [1.165, 1.54) is 0 Å². The number of hydrogen-bond acceptors (Lipinski definition) is 3. The van der Waals surface area contributed by atoms with Crippen LogP contribution in [0.25, 0.3) is 0 Å². The van der Waals surface area contributed by atoms with Gasteiger partial charge in [0.2, 0.25) is 10.0 Å². The van der Waals surface area contributed by atoms with Gasteiger partial charge in [0.05, 0.1) is 12.4 Å². The first-order valence-electron chi connectivity index (χ1n) is 4.38. The molecule has 14 heavy (non-hydrogen) atoms. The van der Waals surface area contributed by atoms with E-state index >= 15 is 0 Å². The van der Waals surface area contributed by atoms with Crippen molar-refractivity contribution >= 4 is 21.6 Å². The minimum absolute atomic E-state index is 0.00441. The number of hydrogen-bond donors (Lipinski definition) is 1. The van der Waals surface area contributed by atoms with Crippen LogP contribution in [0.4, 0.5) is 0 Å². The summed E-state index contributed by atoms with van der Waals surface area (Å²) < 4.78 is 29.8. The highest BCUT2D eigenvalue weighted by molar-refractivity contribution is 7.89. The summed E-state index contributed by atoms with van der Waals surface area (Å²) in [6, 6.07) is 0. The van der Waals surface area contributed by atoms with Gasteiger partial charge in [-0.05, 0) is 6.92 Å². The lowest BCUT2D eigenvalue weighted by atomic mass is 10.5. The van der Waals surface area contributed by atoms with Crippen molar-refractivity contribution in [1.29, 1.82) is 0 Å². The Morgan fingerprint density at radius 1 is 1.43 bits per heavy atom. The molecular weight excluding hydrogens is 226 g/mol. The minimum atomic E-state index is -3.20. The molecule has 0 heterocycles. The van der Waals surface area contributed by atoms with Gasteiger partial charge in [-0.1, -0.05) is 12.2 Å². The van der Waals surface area contributed by atoms with E-state index in [0.717, 1.165) is 0 Å². The summed E-state index contributed by atoms with van der Waals surface area (Å²) in [5.41, 5.74) is 0. The van der Waals surface area contributed by atoms with Crippen molar-refractivity contribution in [2.45, 2.75) is 6.92 Å². The van der Waals surface area contributed by atoms with Crippen molar-refractivity contribution in [3.63, 3.8) is 0 Å². The van der Waals surface area contributed by atoms with Gasteiger partial charge in [-0.15, -0.1) is 11.6 Å². The average molecular weight is 242 g/mol. The van der Waals surface area contributed by atoms with Crippen molar-refractivity contribution in [3.05, 3.63) is 12.2 Å². The summed E-state index contributed by atoms with van der Waals surface area (Å²) in [6.45, 7) is 2.86. The highest BCUT2D eigenvalue weighted by Crippen LogP contribution is 1.86. The van der Waals surface area contributed by atoms with Gasteiger partial charge in [0.1, 0.15) is 0 Å². The number of rotatable bonds is 8. The summed E-state index contributed by atoms with van der Waals surface area (Å²) >= 11 is 5.37. The number of nitrogens with one attached hydrogen (secondary N) is 1. The first-order valence-corrected chi connectivity index (χ1v) is 6.57. The van der Waals surface area contributed by atoms with Gasteiger partial charge in [-0.25, -0.2) is 13.1 Å². The maximum atomic E-state index is 11.2. The van der Waals surface area contributed by atoms with E-state index < -0.39 is 10.0 Å². The van der Waals surface area contributed by atoms with Crippen LogP contribution in [0.3, 0.4) is 0 Å². The second-order valence-corrected chi connectivity index (χ2v) is 4.72. The summed E-state index contributed by atoms with van der Waals surface area (Å²) in [5.74, 6) is 0.385. The molecule has 0 saturated carbocycles. The van der Waals surface area contributed by atoms with Crippen LogP contribution in [0.15, 0.2) is 12.2 Å². The third kappa shape index (κ3) is 8.50. The van der Waals surface area contributed by atoms with Crippen LogP contribution in [0.2, 0.25) is 0 Å². The molecule has 0 amide bonds. The van der Waals surface area contributed by atoms with Crippen LogP contribution in [-0.2, 0) is 14.8 Å². The van der Waals surface area contributed by atoms with Crippen LogP contribution in [0.5, 0.6) is 0 Å². The Balaban J connectivity index is 3.67. The van der Waals surface area contributed by atoms with Crippen LogP contribution >= 0.6 is 11.6 Å². The standard InChI is InChI=1S/C8H16ClNO3S/c1-2-13-7-8-14(11,12)10-6-4-3-5-9/h3-4,10H,2,5-8H2,1H3/b4-3+. The zero-order valence-electron chi connectivity index (χ0n) is 8.20. The number of alkyl halides is 1. The Labute approximate surface area is 90.3 Å². The zero-order chi connectivity index (χ0) is 10.9. The quantitative estimate of drug-likeness (QED) is 0.387. The minimum Gasteiger partial charge on any atom is -0.381 e. The molecule has 0 aromatic heterocycles. The van der Waals surface area contributed by atoms with Crippen molar-refractivity contribution in [3.8, 4) is 0 Å². The first kappa shape index (κ1) is 13.9. The van der Waals surface area contributed by atoms with Gasteiger partial charge in [-0.2, -0.15) is 0 Å². The molecule has 0 bridgehead atoms. The lowest BCUT2D eigenvalue weighted by molar-refractivity contribution is 0.163. The third-order valence-corrected chi connectivity index (χ3v) is 2.87. The molecule has 0 unspecified atom stereocenters. The molecule has 0 atom stereocenters. The molecule has 6 heteroatoms. The molecule has 0 radical (unpaired) electrons. The predicted octanol–water partition coefficient (Wildman–Crippen LogP) is 0.737. The molecule has 4 nitrogen and oxygen atoms in total. The van der Waals surface area contributed by atoms with Crippen molar-refractivity contribution in [2.75, 3.05) is 31.4 Å². The van der Waals surface area contributed by atoms with Gasteiger partial charge in [0.25, 0.3) is 0 Å². The topological polar surface area (TPSA) is 55.4 Å². The maximum absolute atomic E-state index is 11.2. The van der Waals surface area contributed by atoms with E-state index in [4.69, 9.17) is 16.3 Å². The van der Waals surface area contributed by atoms with Gasteiger partial charge in [0, 0.05) is 19.0 Å². The molecular formula is C8H16ClNO3S. The van der Waals surface area contributed by atoms with E-state index in [-0.39, 0.29) is 18.9 Å². The molecule has 0 rings (SSSR count). The molecule has 84 valence electrons. The average Bonchev–Trinajstić information content (AvgIpc) is 2.13. The predicted molar refractivity (Wildman–Crippen MR) is 58.1 cm³/mol. The van der Waals surface area contributed by atoms with Crippen molar-refractivity contribution < 1.29 is 13.2 Å². The van der Waals surface area contributed by atoms with Gasteiger partial charge in [0.15, 0.2) is 0 Å². The fourth-order valence-electron chi connectivity index (χ4n) is 0.707. The Bertz CT molecular complexity index is 251. The van der Waals surface area contributed by atoms with Gasteiger partial charge in [-0.3, -0.25) is 0 Å². The van der Waals surface area contributed by atoms with Gasteiger partial charge >= 0.3 is 0 Å². The fourth-order valence-corrected chi connectivity index (χ4v) is 1.66. The molecule has 0 spiro atoms. The van der Waals surface area contributed by atoms with E-state index in [1.807, 2.05) is 6.92 Å². The lowest BCUT2D eigenvalue weighted by Gasteiger charge is -2.03. The van der Waals surface area contributed by atoms with E-state index in [2.05, 4.69) is 4.72 Å². The number of ether oxygens (including phenoxy) is 1. The lowest BCUT2D eigenvalue weighted by Crippen LogP contribution is -2.28. The zero-order valence-corrected chi connectivity index (χ0v) is 9.77. The summed E-state index contributed by atoms with van der Waals surface area (Å²) in [6.07, 6.45) is 3.36. The monoisotopic (exact) mass is 241 g/mol. The SMILES string of the molecule is CCOCCS(=O)(=O)NC/C=C/CCl. The number of allylic oxidation sites excluding steroid dienone is 1. The molecule has 0 aromatic rings. The first-order chi connectivity index (χ1) is 6.62. The molecule has 0 aliphatic rings. The molecule has 1 N–H and O–H groups in total. The highest BCUT2D eigenvalue weighted by atomic mass is 35.5. The Kier molecular flexibility index (Phi) is 8.17. The third-order valence-electron chi connectivity index (χ3n) is 1.38. The highest BCUT2D eigenvalue weighted by Gasteiger charge is 2.07. The van der Waals surface area contributed by atoms with Crippen LogP contribution in [-0.4, -0.2) is 39.8 Å². The van der Waals surface area contributed by atoms with Crippen molar-refractivity contribution in [2.24, 2.45) is 0 Å². The van der Waals surface area contributed by atoms with Crippen molar-refractivity contribution in [1.82, 2.24) is 4.72 Å². The second kappa shape index (κ2) is 8.23. The largest absolute Gasteiger partial charge is 0.381 e. The molecule has 0 saturated heterocycles. The van der Waals surface area contributed by atoms with E-state index in [9.17, 15) is 8.42 Å². The fraction of sp³-hybridized carbons (Fsp3) is 0.750. The Hall–Kier alpha value is -0.100. The second-order valence-electron chi connectivity index (χ2n) is 2.49. The van der Waals surface area contributed by atoms with Gasteiger partial charge < -0.3 is 4.74 Å². The molecule has 0 aliphatic heterocycles. The van der Waals surface area contributed by atoms with Crippen LogP contribution in [0, 0.1) is 0 Å². The molecule has 0 aromatic carbocycles. The molecule has 0 aliphatic carbocycles. The normalized spacial score (nSPS) is 12.4. The van der Waals surface area contributed by atoms with Crippen LogP contribution in [0.1, 0.15) is 6.92 Å². The Morgan fingerprint density at radius 3 is 2.71 bits per heavy atom. The maximum Gasteiger partial charge on any atom is 0.214 e. The summed E-state index contributed by atoms with van der Waals surface area (Å²) in [4.78, 5) is 0. The molecule has 0 fully saturated rings. The van der Waals surface area contributed by atoms with Crippen LogP contribution < -0.4 is 4.72 Å². The smallest absolute Gasteiger partial charge is 0.214 e.